The average Bonchev–Trinajstić information content (AvgIpc) is 2.35. The third-order valence-corrected chi connectivity index (χ3v) is 4.09. The van der Waals surface area contributed by atoms with Gasteiger partial charge in [0, 0.05) is 17.9 Å². The van der Waals surface area contributed by atoms with Crippen LogP contribution in [0.3, 0.4) is 0 Å². The second-order valence-electron chi connectivity index (χ2n) is 3.75. The number of carbonyl (C=O) groups is 1. The van der Waals surface area contributed by atoms with E-state index >= 15 is 0 Å². The van der Waals surface area contributed by atoms with Gasteiger partial charge in [0.1, 0.15) is 0 Å². The predicted molar refractivity (Wildman–Crippen MR) is 63.0 cm³/mol. The predicted octanol–water partition coefficient (Wildman–Crippen LogP) is 1.27. The van der Waals surface area contributed by atoms with Crippen molar-refractivity contribution in [3.63, 3.8) is 0 Å². The summed E-state index contributed by atoms with van der Waals surface area (Å²) in [4.78, 5) is 11.5. The summed E-state index contributed by atoms with van der Waals surface area (Å²) >= 11 is 0. The van der Waals surface area contributed by atoms with Crippen molar-refractivity contribution >= 4 is 15.7 Å². The lowest BCUT2D eigenvalue weighted by Gasteiger charge is -2.06. The second-order valence-corrected chi connectivity index (χ2v) is 6.22. The maximum Gasteiger partial charge on any atom is 0.251 e. The first-order valence-corrected chi connectivity index (χ1v) is 7.22. The maximum absolute atomic E-state index is 12.9. The molecule has 0 unspecified atom stereocenters. The van der Waals surface area contributed by atoms with Crippen LogP contribution in [0.2, 0.25) is 0 Å². The third kappa shape index (κ3) is 4.23. The lowest BCUT2D eigenvalue weighted by atomic mass is 10.2. The quantitative estimate of drug-likeness (QED) is 0.832. The van der Waals surface area contributed by atoms with Crippen molar-refractivity contribution < 1.29 is 26.4 Å². The van der Waals surface area contributed by atoms with Crippen LogP contribution in [0, 0.1) is 17.5 Å². The van der Waals surface area contributed by atoms with Crippen LogP contribution < -0.4 is 5.32 Å². The molecule has 1 aromatic carbocycles. The van der Waals surface area contributed by atoms with Crippen molar-refractivity contribution in [1.82, 2.24) is 5.32 Å². The highest BCUT2D eigenvalue weighted by Crippen LogP contribution is 2.13. The Morgan fingerprint density at radius 2 is 1.74 bits per heavy atom. The topological polar surface area (TPSA) is 63.2 Å². The van der Waals surface area contributed by atoms with Gasteiger partial charge in [-0.15, -0.1) is 0 Å². The first-order valence-electron chi connectivity index (χ1n) is 5.40. The number of halogens is 3. The van der Waals surface area contributed by atoms with E-state index in [-0.39, 0.29) is 18.1 Å². The van der Waals surface area contributed by atoms with Crippen molar-refractivity contribution in [3.05, 3.63) is 35.1 Å². The molecule has 0 bridgehead atoms. The van der Waals surface area contributed by atoms with Gasteiger partial charge in [-0.2, -0.15) is 0 Å². The normalized spacial score (nSPS) is 11.4. The highest BCUT2D eigenvalue weighted by atomic mass is 32.2. The van der Waals surface area contributed by atoms with Gasteiger partial charge in [0.15, 0.2) is 27.3 Å². The molecule has 8 heteroatoms. The number of carbonyl (C=O) groups excluding carboxylic acids is 1. The Labute approximate surface area is 108 Å². The molecule has 0 fully saturated rings. The van der Waals surface area contributed by atoms with E-state index in [0.717, 1.165) is 0 Å². The summed E-state index contributed by atoms with van der Waals surface area (Å²) in [6.07, 6.45) is 0. The summed E-state index contributed by atoms with van der Waals surface area (Å²) in [5.74, 6) is -5.84. The van der Waals surface area contributed by atoms with Crippen LogP contribution >= 0.6 is 0 Å². The molecular weight excluding hydrogens is 283 g/mol. The molecule has 1 amide bonds. The zero-order valence-electron chi connectivity index (χ0n) is 10.0. The van der Waals surface area contributed by atoms with Gasteiger partial charge in [0.25, 0.3) is 5.91 Å². The Bertz CT molecular complexity index is 564. The van der Waals surface area contributed by atoms with Crippen LogP contribution in [0.5, 0.6) is 0 Å². The van der Waals surface area contributed by atoms with Crippen LogP contribution in [0.25, 0.3) is 0 Å². The summed E-state index contributed by atoms with van der Waals surface area (Å²) in [5.41, 5.74) is -0.412. The second kappa shape index (κ2) is 6.05. The zero-order chi connectivity index (χ0) is 14.6. The minimum Gasteiger partial charge on any atom is -0.351 e. The van der Waals surface area contributed by atoms with Gasteiger partial charge in [0.2, 0.25) is 0 Å². The third-order valence-electron chi connectivity index (χ3n) is 2.38. The smallest absolute Gasteiger partial charge is 0.251 e. The number of rotatable bonds is 5. The first-order chi connectivity index (χ1) is 8.76. The minimum atomic E-state index is -3.24. The number of hydrogen-bond acceptors (Lipinski definition) is 3. The summed E-state index contributed by atoms with van der Waals surface area (Å²) in [5, 5.41) is 2.19. The number of sulfone groups is 1. The van der Waals surface area contributed by atoms with Gasteiger partial charge in [-0.1, -0.05) is 6.92 Å². The standard InChI is InChI=1S/C11H12F3NO3S/c1-2-19(17,18)4-3-15-11(16)7-5-8(12)10(14)9(13)6-7/h5-6H,2-4H2,1H3,(H,15,16). The molecule has 19 heavy (non-hydrogen) atoms. The lowest BCUT2D eigenvalue weighted by Crippen LogP contribution is -2.29. The van der Waals surface area contributed by atoms with Crippen molar-refractivity contribution in [3.8, 4) is 0 Å². The highest BCUT2D eigenvalue weighted by Gasteiger charge is 2.15. The van der Waals surface area contributed by atoms with E-state index in [4.69, 9.17) is 0 Å². The fourth-order valence-electron chi connectivity index (χ4n) is 1.25. The highest BCUT2D eigenvalue weighted by molar-refractivity contribution is 7.91. The Kier molecular flexibility index (Phi) is 4.93. The van der Waals surface area contributed by atoms with Crippen molar-refractivity contribution in [2.24, 2.45) is 0 Å². The molecule has 106 valence electrons. The minimum absolute atomic E-state index is 0.0668. The van der Waals surface area contributed by atoms with Crippen molar-refractivity contribution in [2.75, 3.05) is 18.1 Å². The van der Waals surface area contributed by atoms with E-state index in [9.17, 15) is 26.4 Å². The lowest BCUT2D eigenvalue weighted by molar-refractivity contribution is 0.0955. The molecule has 0 heterocycles. The fraction of sp³-hybridized carbons (Fsp3) is 0.364. The molecular formula is C11H12F3NO3S. The molecule has 0 atom stereocenters. The van der Waals surface area contributed by atoms with E-state index in [1.54, 1.807) is 0 Å². The molecule has 0 spiro atoms. The maximum atomic E-state index is 12.9. The van der Waals surface area contributed by atoms with E-state index in [1.165, 1.54) is 6.92 Å². The van der Waals surface area contributed by atoms with E-state index in [0.29, 0.717) is 12.1 Å². The summed E-state index contributed by atoms with van der Waals surface area (Å²) in [6.45, 7) is 1.28. The molecule has 1 N–H and O–H groups in total. The van der Waals surface area contributed by atoms with Gasteiger partial charge < -0.3 is 5.32 Å². The Hall–Kier alpha value is -1.57. The molecule has 0 aliphatic heterocycles. The SMILES string of the molecule is CCS(=O)(=O)CCNC(=O)c1cc(F)c(F)c(F)c1. The molecule has 0 aliphatic rings. The molecule has 0 saturated carbocycles. The molecule has 0 aliphatic carbocycles. The molecule has 1 rings (SSSR count). The largest absolute Gasteiger partial charge is 0.351 e. The number of benzene rings is 1. The Balaban J connectivity index is 2.70. The van der Waals surface area contributed by atoms with Gasteiger partial charge in [-0.3, -0.25) is 4.79 Å². The number of amides is 1. The molecule has 1 aromatic rings. The van der Waals surface area contributed by atoms with Crippen LogP contribution in [0.4, 0.5) is 13.2 Å². The summed E-state index contributed by atoms with van der Waals surface area (Å²) in [6, 6.07) is 1.09. The van der Waals surface area contributed by atoms with Crippen molar-refractivity contribution in [1.29, 1.82) is 0 Å². The van der Waals surface area contributed by atoms with Gasteiger partial charge in [0.05, 0.1) is 5.75 Å². The van der Waals surface area contributed by atoms with E-state index in [2.05, 4.69) is 5.32 Å². The zero-order valence-corrected chi connectivity index (χ0v) is 10.9. The van der Waals surface area contributed by atoms with Crippen LogP contribution in [-0.2, 0) is 9.84 Å². The summed E-state index contributed by atoms with van der Waals surface area (Å²) < 4.78 is 60.7. The molecule has 0 aromatic heterocycles. The van der Waals surface area contributed by atoms with Crippen molar-refractivity contribution in [2.45, 2.75) is 6.92 Å². The fourth-order valence-corrected chi connectivity index (χ4v) is 1.95. The molecule has 4 nitrogen and oxygen atoms in total. The Morgan fingerprint density at radius 1 is 1.21 bits per heavy atom. The van der Waals surface area contributed by atoms with E-state index in [1.807, 2.05) is 0 Å². The summed E-state index contributed by atoms with van der Waals surface area (Å²) in [7, 11) is -3.24. The average molecular weight is 295 g/mol. The van der Waals surface area contributed by atoms with Crippen LogP contribution in [0.1, 0.15) is 17.3 Å². The molecule has 0 radical (unpaired) electrons. The number of hydrogen-bond donors (Lipinski definition) is 1. The van der Waals surface area contributed by atoms with Gasteiger partial charge in [-0.05, 0) is 12.1 Å². The van der Waals surface area contributed by atoms with Gasteiger partial charge in [-0.25, -0.2) is 21.6 Å². The monoisotopic (exact) mass is 295 g/mol. The molecule has 0 saturated heterocycles. The Morgan fingerprint density at radius 3 is 2.21 bits per heavy atom. The van der Waals surface area contributed by atoms with Gasteiger partial charge >= 0.3 is 0 Å². The number of nitrogens with one attached hydrogen (secondary N) is 1. The van der Waals surface area contributed by atoms with E-state index < -0.39 is 38.8 Å². The van der Waals surface area contributed by atoms with Crippen LogP contribution in [0.15, 0.2) is 12.1 Å². The first kappa shape index (κ1) is 15.5. The van der Waals surface area contributed by atoms with Crippen LogP contribution in [-0.4, -0.2) is 32.4 Å².